The van der Waals surface area contributed by atoms with Gasteiger partial charge in [-0.1, -0.05) is 30.3 Å². The minimum absolute atomic E-state index is 0.119. The van der Waals surface area contributed by atoms with Crippen molar-refractivity contribution in [1.29, 1.82) is 0 Å². The van der Waals surface area contributed by atoms with Crippen molar-refractivity contribution in [3.8, 4) is 0 Å². The summed E-state index contributed by atoms with van der Waals surface area (Å²) in [4.78, 5) is 16.4. The smallest absolute Gasteiger partial charge is 0.263 e. The van der Waals surface area contributed by atoms with Gasteiger partial charge < -0.3 is 5.32 Å². The highest BCUT2D eigenvalue weighted by molar-refractivity contribution is 7.90. The van der Waals surface area contributed by atoms with Gasteiger partial charge in [0.15, 0.2) is 0 Å². The van der Waals surface area contributed by atoms with E-state index in [1.54, 1.807) is 42.5 Å². The molecule has 0 saturated heterocycles. The Morgan fingerprint density at radius 2 is 1.83 bits per heavy atom. The van der Waals surface area contributed by atoms with Crippen LogP contribution in [0.3, 0.4) is 0 Å². The van der Waals surface area contributed by atoms with Gasteiger partial charge in [-0.3, -0.25) is 14.5 Å². The van der Waals surface area contributed by atoms with Crippen LogP contribution in [0.1, 0.15) is 11.1 Å². The maximum absolute atomic E-state index is 12.2. The van der Waals surface area contributed by atoms with Gasteiger partial charge in [-0.2, -0.15) is 0 Å². The highest BCUT2D eigenvalue weighted by atomic mass is 32.2. The van der Waals surface area contributed by atoms with E-state index < -0.39 is 26.0 Å². The molecular formula is C19H20N4O5S2. The molecule has 0 radical (unpaired) electrons. The molecule has 158 valence electrons. The van der Waals surface area contributed by atoms with Crippen LogP contribution in [0.2, 0.25) is 0 Å². The molecule has 9 nitrogen and oxygen atoms in total. The number of aliphatic imine (C=N–C) groups is 1. The zero-order chi connectivity index (χ0) is 21.8. The maximum atomic E-state index is 12.2. The summed E-state index contributed by atoms with van der Waals surface area (Å²) in [6.45, 7) is 3.33. The Morgan fingerprint density at radius 1 is 1.13 bits per heavy atom. The zero-order valence-corrected chi connectivity index (χ0v) is 17.5. The molecule has 0 saturated carbocycles. The van der Waals surface area contributed by atoms with Gasteiger partial charge in [0.05, 0.1) is 10.6 Å². The third-order valence-electron chi connectivity index (χ3n) is 4.09. The summed E-state index contributed by atoms with van der Waals surface area (Å²) in [5.41, 5.74) is 1.44. The van der Waals surface area contributed by atoms with E-state index in [0.717, 1.165) is 0 Å². The van der Waals surface area contributed by atoms with E-state index in [4.69, 9.17) is 0 Å². The molecule has 30 heavy (non-hydrogen) atoms. The second kappa shape index (κ2) is 8.78. The third kappa shape index (κ3) is 5.32. The number of benzene rings is 2. The number of anilines is 1. The van der Waals surface area contributed by atoms with Gasteiger partial charge in [0.1, 0.15) is 12.4 Å². The van der Waals surface area contributed by atoms with Gasteiger partial charge in [0.2, 0.25) is 15.9 Å². The number of carbonyl (C=O) groups excluding carboxylic acids is 1. The van der Waals surface area contributed by atoms with Gasteiger partial charge >= 0.3 is 0 Å². The van der Waals surface area contributed by atoms with Gasteiger partial charge in [-0.05, 0) is 29.8 Å². The fourth-order valence-corrected chi connectivity index (χ4v) is 5.10. The first-order valence-electron chi connectivity index (χ1n) is 8.84. The number of carbonyl (C=O) groups is 1. The summed E-state index contributed by atoms with van der Waals surface area (Å²) in [5, 5.41) is 2.63. The molecule has 0 aliphatic carbocycles. The van der Waals surface area contributed by atoms with Crippen molar-refractivity contribution in [2.45, 2.75) is 10.6 Å². The number of hydrogen-bond donors (Lipinski definition) is 3. The number of amidine groups is 1. The molecule has 1 aliphatic rings. The fourth-order valence-electron chi connectivity index (χ4n) is 2.74. The number of sulfonamides is 2. The second-order valence-electron chi connectivity index (χ2n) is 6.41. The van der Waals surface area contributed by atoms with Crippen LogP contribution in [-0.2, 0) is 30.6 Å². The first-order chi connectivity index (χ1) is 14.2. The molecule has 0 unspecified atom stereocenters. The van der Waals surface area contributed by atoms with Crippen LogP contribution < -0.4 is 14.8 Å². The van der Waals surface area contributed by atoms with Crippen LogP contribution in [0.5, 0.6) is 0 Å². The Hall–Kier alpha value is -3.02. The molecular weight excluding hydrogens is 428 g/mol. The molecule has 0 fully saturated rings. The monoisotopic (exact) mass is 448 g/mol. The second-order valence-corrected chi connectivity index (χ2v) is 9.87. The van der Waals surface area contributed by atoms with Crippen LogP contribution in [0, 0.1) is 0 Å². The minimum Gasteiger partial charge on any atom is -0.324 e. The van der Waals surface area contributed by atoms with E-state index in [0.29, 0.717) is 16.8 Å². The average molecular weight is 449 g/mol. The van der Waals surface area contributed by atoms with Crippen molar-refractivity contribution in [2.24, 2.45) is 4.99 Å². The van der Waals surface area contributed by atoms with Crippen molar-refractivity contribution in [3.05, 3.63) is 72.3 Å². The summed E-state index contributed by atoms with van der Waals surface area (Å²) in [6.07, 6.45) is 1.45. The largest absolute Gasteiger partial charge is 0.324 e. The lowest BCUT2D eigenvalue weighted by atomic mass is 10.2. The molecule has 3 rings (SSSR count). The molecule has 2 aromatic rings. The lowest BCUT2D eigenvalue weighted by Gasteiger charge is -2.07. The topological polar surface area (TPSA) is 134 Å². The van der Waals surface area contributed by atoms with E-state index in [-0.39, 0.29) is 29.6 Å². The first kappa shape index (κ1) is 21.7. The van der Waals surface area contributed by atoms with Crippen LogP contribution in [0.25, 0.3) is 0 Å². The minimum atomic E-state index is -3.66. The van der Waals surface area contributed by atoms with Crippen LogP contribution >= 0.6 is 0 Å². The third-order valence-corrected chi connectivity index (χ3v) is 6.80. The van der Waals surface area contributed by atoms with Crippen LogP contribution in [0.4, 0.5) is 5.69 Å². The summed E-state index contributed by atoms with van der Waals surface area (Å²) < 4.78 is 52.5. The molecule has 1 heterocycles. The summed E-state index contributed by atoms with van der Waals surface area (Å²) >= 11 is 0. The number of rotatable bonds is 8. The van der Waals surface area contributed by atoms with Gasteiger partial charge in [-0.15, -0.1) is 6.58 Å². The van der Waals surface area contributed by atoms with Crippen molar-refractivity contribution in [3.63, 3.8) is 0 Å². The van der Waals surface area contributed by atoms with Crippen molar-refractivity contribution >= 4 is 37.5 Å². The summed E-state index contributed by atoms with van der Waals surface area (Å²) in [5.74, 6) is -0.519. The summed E-state index contributed by atoms with van der Waals surface area (Å²) in [7, 11) is -7.13. The number of amides is 1. The fraction of sp³-hybridized carbons (Fsp3) is 0.158. The molecule has 0 bridgehead atoms. The highest BCUT2D eigenvalue weighted by Gasteiger charge is 2.30. The molecule has 3 N–H and O–H groups in total. The maximum Gasteiger partial charge on any atom is 0.263 e. The van der Waals surface area contributed by atoms with E-state index in [2.05, 4.69) is 26.3 Å². The van der Waals surface area contributed by atoms with E-state index in [1.807, 2.05) is 0 Å². The zero-order valence-electron chi connectivity index (χ0n) is 15.8. The Balaban J connectivity index is 1.61. The quantitative estimate of drug-likeness (QED) is 0.518. The SMILES string of the molecule is C=CCNS(=O)(=O)Cc1ccc(NC(=O)CN=C2NS(=O)(=O)c3ccccc32)cc1. The predicted molar refractivity (Wildman–Crippen MR) is 114 cm³/mol. The predicted octanol–water partition coefficient (Wildman–Crippen LogP) is 0.969. The number of nitrogens with zero attached hydrogens (tertiary/aromatic N) is 1. The molecule has 1 amide bonds. The van der Waals surface area contributed by atoms with Crippen molar-refractivity contribution < 1.29 is 21.6 Å². The summed E-state index contributed by atoms with van der Waals surface area (Å²) in [6, 6.07) is 12.7. The Kier molecular flexibility index (Phi) is 6.34. The molecule has 0 aromatic heterocycles. The first-order valence-corrected chi connectivity index (χ1v) is 12.0. The molecule has 11 heteroatoms. The Morgan fingerprint density at radius 3 is 2.53 bits per heavy atom. The molecule has 0 atom stereocenters. The van der Waals surface area contributed by atoms with Gasteiger partial charge in [0, 0.05) is 17.8 Å². The van der Waals surface area contributed by atoms with Crippen molar-refractivity contribution in [2.75, 3.05) is 18.4 Å². The van der Waals surface area contributed by atoms with Crippen molar-refractivity contribution in [1.82, 2.24) is 9.44 Å². The normalized spacial score (nSPS) is 15.9. The molecule has 1 aliphatic heterocycles. The molecule has 2 aromatic carbocycles. The molecule has 0 spiro atoms. The van der Waals surface area contributed by atoms with Crippen LogP contribution in [0.15, 0.2) is 71.1 Å². The lowest BCUT2D eigenvalue weighted by molar-refractivity contribution is -0.114. The Labute approximate surface area is 175 Å². The average Bonchev–Trinajstić information content (AvgIpc) is 2.97. The van der Waals surface area contributed by atoms with E-state index in [9.17, 15) is 21.6 Å². The number of nitrogens with one attached hydrogen (secondary N) is 3. The number of fused-ring (bicyclic) bond motifs is 1. The lowest BCUT2D eigenvalue weighted by Crippen LogP contribution is -2.25. The van der Waals surface area contributed by atoms with E-state index in [1.165, 1.54) is 12.1 Å². The van der Waals surface area contributed by atoms with Crippen LogP contribution in [-0.4, -0.2) is 41.7 Å². The highest BCUT2D eigenvalue weighted by Crippen LogP contribution is 2.22. The van der Waals surface area contributed by atoms with Gasteiger partial charge in [0.25, 0.3) is 10.0 Å². The standard InChI is InChI=1S/C19H20N4O5S2/c1-2-11-21-29(25,26)13-14-7-9-15(10-8-14)22-18(24)12-20-19-16-5-3-4-6-17(16)30(27,28)23-19/h2-10,21H,1,11-13H2,(H,20,23)(H,22,24). The Bertz CT molecular complexity index is 1200. The van der Waals surface area contributed by atoms with Gasteiger partial charge in [-0.25, -0.2) is 21.6 Å². The number of hydrogen-bond acceptors (Lipinski definition) is 6. The van der Waals surface area contributed by atoms with E-state index >= 15 is 0 Å².